The van der Waals surface area contributed by atoms with E-state index in [1.807, 2.05) is 0 Å². The first-order chi connectivity index (χ1) is 11.8. The maximum Gasteiger partial charge on any atom is 0.285 e. The van der Waals surface area contributed by atoms with Gasteiger partial charge in [-0.3, -0.25) is 4.79 Å². The van der Waals surface area contributed by atoms with Crippen LogP contribution >= 0.6 is 15.9 Å². The van der Waals surface area contributed by atoms with Crippen LogP contribution in [0, 0.1) is 5.41 Å². The van der Waals surface area contributed by atoms with Crippen molar-refractivity contribution in [1.29, 1.82) is 0 Å². The summed E-state index contributed by atoms with van der Waals surface area (Å²) in [6.45, 7) is 4.60. The third-order valence-corrected chi connectivity index (χ3v) is 4.22. The Bertz CT molecular complexity index is 657. The zero-order valence-electron chi connectivity index (χ0n) is 15.3. The molecule has 0 heterocycles. The lowest BCUT2D eigenvalue weighted by atomic mass is 9.96. The quantitative estimate of drug-likeness (QED) is 0.327. The van der Waals surface area contributed by atoms with Crippen LogP contribution in [-0.2, 0) is 10.6 Å². The molecule has 0 aliphatic heterocycles. The topological polar surface area (TPSA) is 141 Å². The smallest absolute Gasteiger partial charge is 0.285 e. The predicted molar refractivity (Wildman–Crippen MR) is 96.1 cm³/mol. The molecule has 1 aromatic rings. The van der Waals surface area contributed by atoms with Gasteiger partial charge in [0.25, 0.3) is 11.7 Å². The van der Waals surface area contributed by atoms with E-state index < -0.39 is 23.8 Å². The van der Waals surface area contributed by atoms with Gasteiger partial charge in [-0.05, 0) is 28.1 Å². The predicted octanol–water partition coefficient (Wildman–Crippen LogP) is -0.0485. The first-order valence-electron chi connectivity index (χ1n) is 7.62. The third kappa shape index (κ3) is 4.84. The van der Waals surface area contributed by atoms with Crippen molar-refractivity contribution in [3.63, 3.8) is 0 Å². The number of methoxy groups -OCH3 is 2. The number of rotatable bonds is 7. The Morgan fingerprint density at radius 1 is 1.08 bits per heavy atom. The second-order valence-electron chi connectivity index (χ2n) is 6.64. The lowest BCUT2D eigenvalue weighted by Crippen LogP contribution is -2.63. The van der Waals surface area contributed by atoms with Crippen LogP contribution in [0.2, 0.25) is 0 Å². The minimum atomic E-state index is -3.22. The highest BCUT2D eigenvalue weighted by Crippen LogP contribution is 2.40. The van der Waals surface area contributed by atoms with Gasteiger partial charge in [-0.1, -0.05) is 20.8 Å². The van der Waals surface area contributed by atoms with Gasteiger partial charge >= 0.3 is 0 Å². The number of hydrogen-bond donors (Lipinski definition) is 6. The zero-order valence-corrected chi connectivity index (χ0v) is 16.8. The van der Waals surface area contributed by atoms with Gasteiger partial charge in [-0.25, -0.2) is 5.32 Å². The summed E-state index contributed by atoms with van der Waals surface area (Å²) >= 11 is 3.22. The molecule has 0 unspecified atom stereocenters. The van der Waals surface area contributed by atoms with Crippen LogP contribution in [0.25, 0.3) is 0 Å². The van der Waals surface area contributed by atoms with Gasteiger partial charge in [-0.15, -0.1) is 0 Å². The Balaban J connectivity index is 3.09. The average Bonchev–Trinajstić information content (AvgIpc) is 2.52. The highest BCUT2D eigenvalue weighted by Gasteiger charge is 2.51. The van der Waals surface area contributed by atoms with Gasteiger partial charge < -0.3 is 35.2 Å². The average molecular weight is 437 g/mol. The summed E-state index contributed by atoms with van der Waals surface area (Å²) in [5.74, 6) is -6.60. The third-order valence-electron chi connectivity index (χ3n) is 3.60. The molecule has 0 radical (unpaired) electrons. The second kappa shape index (κ2) is 8.07. The first-order valence-corrected chi connectivity index (χ1v) is 8.42. The maximum absolute atomic E-state index is 11.8. The summed E-state index contributed by atoms with van der Waals surface area (Å²) in [4.78, 5) is 11.8. The normalized spacial score (nSPS) is 12.7. The summed E-state index contributed by atoms with van der Waals surface area (Å²) in [6.07, 6.45) is 0. The van der Waals surface area contributed by atoms with Gasteiger partial charge in [0.2, 0.25) is 5.91 Å². The summed E-state index contributed by atoms with van der Waals surface area (Å²) in [6, 6.07) is 2.56. The van der Waals surface area contributed by atoms with Crippen molar-refractivity contribution >= 4 is 21.8 Å². The molecule has 9 nitrogen and oxygen atoms in total. The number of halogens is 1. The number of aliphatic hydroxyl groups is 4. The number of ether oxygens (including phenoxy) is 2. The molecule has 0 atom stereocenters. The van der Waals surface area contributed by atoms with Crippen molar-refractivity contribution in [2.24, 2.45) is 5.41 Å². The highest BCUT2D eigenvalue weighted by molar-refractivity contribution is 9.10. The fraction of sp³-hybridized carbons (Fsp3) is 0.562. The molecule has 0 aliphatic carbocycles. The van der Waals surface area contributed by atoms with Gasteiger partial charge in [0.15, 0.2) is 0 Å². The van der Waals surface area contributed by atoms with Gasteiger partial charge in [-0.2, -0.15) is 0 Å². The molecule has 0 spiro atoms. The summed E-state index contributed by atoms with van der Waals surface area (Å²) < 4.78 is 10.6. The van der Waals surface area contributed by atoms with Crippen LogP contribution in [0.1, 0.15) is 26.3 Å². The van der Waals surface area contributed by atoms with Crippen molar-refractivity contribution in [1.82, 2.24) is 10.6 Å². The Kier molecular flexibility index (Phi) is 7.02. The van der Waals surface area contributed by atoms with Crippen LogP contribution in [0.15, 0.2) is 16.6 Å². The number of benzene rings is 1. The molecule has 1 rings (SSSR count). The Labute approximate surface area is 160 Å². The molecule has 0 fully saturated rings. The Hall–Kier alpha value is -1.43. The number of hydrogen-bond acceptors (Lipinski definition) is 8. The molecule has 1 aromatic carbocycles. The summed E-state index contributed by atoms with van der Waals surface area (Å²) in [5, 5.41) is 45.6. The van der Waals surface area contributed by atoms with E-state index in [1.165, 1.54) is 26.4 Å². The van der Waals surface area contributed by atoms with E-state index in [2.05, 4.69) is 26.6 Å². The van der Waals surface area contributed by atoms with E-state index in [-0.39, 0.29) is 23.0 Å². The lowest BCUT2D eigenvalue weighted by molar-refractivity contribution is -0.379. The van der Waals surface area contributed by atoms with E-state index in [0.29, 0.717) is 4.47 Å². The van der Waals surface area contributed by atoms with Gasteiger partial charge in [0.1, 0.15) is 11.5 Å². The molecule has 0 saturated carbocycles. The molecule has 26 heavy (non-hydrogen) atoms. The number of carbonyl (C=O) groups excluding carboxylic acids is 1. The number of carbonyl (C=O) groups is 1. The fourth-order valence-electron chi connectivity index (χ4n) is 1.96. The molecular formula is C16H25BrN2O7. The van der Waals surface area contributed by atoms with Gasteiger partial charge in [0.05, 0.1) is 30.9 Å². The van der Waals surface area contributed by atoms with Crippen LogP contribution in [-0.4, -0.2) is 53.1 Å². The monoisotopic (exact) mass is 436 g/mol. The Morgan fingerprint density at radius 2 is 1.62 bits per heavy atom. The SMILES string of the molecule is COc1cc(C(O)(O)C(O)(O)NCNC(=O)C(C)(C)C)c(OC)cc1Br. The summed E-state index contributed by atoms with van der Waals surface area (Å²) in [7, 11) is 2.64. The molecular weight excluding hydrogens is 412 g/mol. The summed E-state index contributed by atoms with van der Waals surface area (Å²) in [5.41, 5.74) is -1.06. The molecule has 148 valence electrons. The van der Waals surface area contributed by atoms with Crippen molar-refractivity contribution in [2.45, 2.75) is 32.5 Å². The molecule has 10 heteroatoms. The van der Waals surface area contributed by atoms with Crippen molar-refractivity contribution < 1.29 is 34.7 Å². The van der Waals surface area contributed by atoms with E-state index in [0.717, 1.165) is 0 Å². The van der Waals surface area contributed by atoms with E-state index >= 15 is 0 Å². The molecule has 0 aromatic heterocycles. The van der Waals surface area contributed by atoms with E-state index in [9.17, 15) is 25.2 Å². The van der Waals surface area contributed by atoms with Crippen molar-refractivity contribution in [3.05, 3.63) is 22.2 Å². The highest BCUT2D eigenvalue weighted by atomic mass is 79.9. The van der Waals surface area contributed by atoms with Gasteiger partial charge in [0, 0.05) is 5.41 Å². The van der Waals surface area contributed by atoms with Crippen LogP contribution < -0.4 is 20.1 Å². The van der Waals surface area contributed by atoms with Crippen molar-refractivity contribution in [3.8, 4) is 11.5 Å². The van der Waals surface area contributed by atoms with Crippen LogP contribution in [0.4, 0.5) is 0 Å². The second-order valence-corrected chi connectivity index (χ2v) is 7.50. The molecule has 0 bridgehead atoms. The van der Waals surface area contributed by atoms with E-state index in [1.54, 1.807) is 20.8 Å². The maximum atomic E-state index is 11.8. The zero-order chi connectivity index (χ0) is 20.3. The largest absolute Gasteiger partial charge is 0.496 e. The standard InChI is InChI=1S/C16H25BrN2O7/c1-14(2,3)13(20)18-8-19-16(23,24)15(21,22)9-6-12(26-5)10(17)7-11(9)25-4/h6-7,19,21-24H,8H2,1-5H3,(H,18,20). The number of amides is 1. The lowest BCUT2D eigenvalue weighted by Gasteiger charge is -2.36. The van der Waals surface area contributed by atoms with Crippen LogP contribution in [0.5, 0.6) is 11.5 Å². The van der Waals surface area contributed by atoms with Crippen LogP contribution in [0.3, 0.4) is 0 Å². The molecule has 0 aliphatic rings. The minimum absolute atomic E-state index is 0.0318. The van der Waals surface area contributed by atoms with E-state index in [4.69, 9.17) is 9.47 Å². The minimum Gasteiger partial charge on any atom is -0.496 e. The molecule has 1 amide bonds. The number of nitrogens with one attached hydrogen (secondary N) is 2. The fourth-order valence-corrected chi connectivity index (χ4v) is 2.44. The Morgan fingerprint density at radius 3 is 2.08 bits per heavy atom. The first kappa shape index (κ1) is 22.6. The molecule has 6 N–H and O–H groups in total. The molecule has 0 saturated heterocycles. The van der Waals surface area contributed by atoms with Crippen molar-refractivity contribution in [2.75, 3.05) is 20.9 Å².